The van der Waals surface area contributed by atoms with Crippen LogP contribution in [0.3, 0.4) is 0 Å². The Kier molecular flexibility index (Phi) is 17.9. The van der Waals surface area contributed by atoms with Gasteiger partial charge in [0.2, 0.25) is 42.8 Å². The molecule has 356 valence electrons. The molecule has 4 aromatic rings. The Hall–Kier alpha value is -5.35. The Balaban J connectivity index is 0.000000238. The quantitative estimate of drug-likeness (QED) is 0.0900. The van der Waals surface area contributed by atoms with Gasteiger partial charge in [-0.3, -0.25) is 9.59 Å². The van der Waals surface area contributed by atoms with E-state index in [0.29, 0.717) is 25.9 Å². The minimum atomic E-state index is -3.36. The van der Waals surface area contributed by atoms with Crippen LogP contribution in [0, 0.1) is 23.3 Å². The molecule has 7 N–H and O–H groups in total. The third-order valence-corrected chi connectivity index (χ3v) is 12.8. The number of ketones is 2. The van der Waals surface area contributed by atoms with Crippen molar-refractivity contribution in [1.82, 2.24) is 28.5 Å². The number of nitrogens with zero attached hydrogens (tertiary/aromatic N) is 6. The molecule has 65 heavy (non-hydrogen) atoms. The summed E-state index contributed by atoms with van der Waals surface area (Å²) >= 11 is 5.51. The van der Waals surface area contributed by atoms with E-state index in [1.165, 1.54) is 36.2 Å². The number of sulfonamides is 2. The molecule has 4 atom stereocenters. The minimum absolute atomic E-state index is 0.0528. The number of nitrogens with one attached hydrogen (secondary N) is 1. The van der Waals surface area contributed by atoms with Crippen LogP contribution in [0.4, 0.5) is 35.1 Å². The van der Waals surface area contributed by atoms with Gasteiger partial charge in [0.1, 0.15) is 34.3 Å². The number of aromatic nitrogens is 4. The summed E-state index contributed by atoms with van der Waals surface area (Å²) in [6, 6.07) is 3.60. The van der Waals surface area contributed by atoms with E-state index in [1.807, 2.05) is 0 Å². The van der Waals surface area contributed by atoms with Gasteiger partial charge in [-0.1, -0.05) is 0 Å². The summed E-state index contributed by atoms with van der Waals surface area (Å²) in [7, 11) is -0.991. The summed E-state index contributed by atoms with van der Waals surface area (Å²) in [4.78, 5) is 40.3. The number of nitrogens with two attached hydrogens (primary N) is 3. The van der Waals surface area contributed by atoms with Crippen molar-refractivity contribution in [2.75, 3.05) is 83.9 Å². The van der Waals surface area contributed by atoms with Crippen LogP contribution in [0.2, 0.25) is 5.28 Å². The van der Waals surface area contributed by atoms with Gasteiger partial charge in [-0.25, -0.2) is 49.3 Å². The van der Waals surface area contributed by atoms with Crippen molar-refractivity contribution in [3.05, 3.63) is 87.5 Å². The van der Waals surface area contributed by atoms with Crippen LogP contribution in [-0.4, -0.2) is 148 Å². The fourth-order valence-electron chi connectivity index (χ4n) is 6.50. The van der Waals surface area contributed by atoms with Crippen molar-refractivity contribution >= 4 is 60.8 Å². The van der Waals surface area contributed by atoms with Crippen LogP contribution in [0.5, 0.6) is 11.5 Å². The van der Waals surface area contributed by atoms with Gasteiger partial charge in [0.15, 0.2) is 23.3 Å². The first kappa shape index (κ1) is 52.3. The molecule has 0 spiro atoms. The number of anilines is 3. The smallest absolute Gasteiger partial charge is 0.224 e. The van der Waals surface area contributed by atoms with Gasteiger partial charge in [-0.15, -0.1) is 0 Å². The number of carbonyl (C=O) groups excluding carboxylic acids is 2. The van der Waals surface area contributed by atoms with Gasteiger partial charge in [0.25, 0.3) is 0 Å². The molecule has 4 heterocycles. The molecular weight excluding hydrogens is 932 g/mol. The fourth-order valence-corrected chi connectivity index (χ4v) is 8.35. The average molecular weight is 979 g/mol. The molecule has 2 aliphatic heterocycles. The van der Waals surface area contributed by atoms with Gasteiger partial charge >= 0.3 is 0 Å². The van der Waals surface area contributed by atoms with Crippen LogP contribution in [0.15, 0.2) is 36.7 Å². The van der Waals surface area contributed by atoms with Crippen LogP contribution in [-0.2, 0) is 29.5 Å². The Morgan fingerprint density at radius 3 is 1.60 bits per heavy atom. The Morgan fingerprint density at radius 1 is 0.723 bits per heavy atom. The zero-order chi connectivity index (χ0) is 48.6. The number of rotatable bonds is 12. The van der Waals surface area contributed by atoms with Gasteiger partial charge < -0.3 is 41.5 Å². The van der Waals surface area contributed by atoms with E-state index in [2.05, 4.69) is 25.3 Å². The summed E-state index contributed by atoms with van der Waals surface area (Å²) in [5.74, 6) is -7.60. The molecular formula is C38H47ClF4N10O10S2. The second kappa shape index (κ2) is 22.2. The number of methoxy groups -OCH3 is 4. The van der Waals surface area contributed by atoms with Crippen LogP contribution in [0.25, 0.3) is 0 Å². The maximum absolute atomic E-state index is 14.3. The molecule has 20 nitrogen and oxygen atoms in total. The highest BCUT2D eigenvalue weighted by Gasteiger charge is 2.35. The third kappa shape index (κ3) is 12.9. The summed E-state index contributed by atoms with van der Waals surface area (Å²) in [6.45, 7) is 1.30. The molecule has 0 bridgehead atoms. The third-order valence-electron chi connectivity index (χ3n) is 10.1. The number of ether oxygens (including phenoxy) is 4. The second-order valence-corrected chi connectivity index (χ2v) is 18.6. The number of nitrogen functional groups attached to an aromatic ring is 2. The topological polar surface area (TPSA) is 287 Å². The molecule has 2 aliphatic rings. The highest BCUT2D eigenvalue weighted by Crippen LogP contribution is 2.30. The summed E-state index contributed by atoms with van der Waals surface area (Å²) < 4.78 is 124. The fraction of sp³-hybridized carbons (Fsp3) is 0.421. The minimum Gasteiger partial charge on any atom is -0.496 e. The van der Waals surface area contributed by atoms with Crippen molar-refractivity contribution in [2.45, 2.75) is 37.1 Å². The SMILES string of the molecule is CO[C@@H]1CN(S(C)(=O)=O)CC[C@H]1N.COc1ccc(F)c(F)c1C(=O)c1cnc(Cl)nc1N.COc1ccc(F)c(F)c1C(=O)c1cnc(N[C@@H]2CCN(S(C)(=O)=O)C[C@H]2OC)nc1N. The highest BCUT2D eigenvalue weighted by atomic mass is 35.5. The molecule has 27 heteroatoms. The standard InChI is InChI=1S/C19H23F2N5O5S.C12H8ClF2N3O2.C7H16N2O3S/c1-30-13-5-4-11(20)16(21)15(13)17(27)10-8-23-19(25-18(10)22)24-12-6-7-26(32(3,28)29)9-14(12)31-2;1-20-7-3-2-6(14)9(15)8(7)10(19)5-4-17-12(13)18-11(5)16;1-12-7-5-9(13(2,10)11)4-3-6(7)8/h4-5,8,12,14H,6-7,9H2,1-3H3,(H3,22,23,24,25);2-4H,1H3,(H2,16,17,18);6-7H,3-5,8H2,1-2H3/t12-,14-;;6-,7-/m1.1/s1. The number of hydrogen-bond donors (Lipinski definition) is 4. The summed E-state index contributed by atoms with van der Waals surface area (Å²) in [6.07, 6.45) is 4.90. The van der Waals surface area contributed by atoms with Gasteiger partial charge in [0, 0.05) is 58.8 Å². The molecule has 0 amide bonds. The zero-order valence-corrected chi connectivity index (χ0v) is 38.1. The number of benzene rings is 2. The number of hydrogen-bond acceptors (Lipinski definition) is 18. The Labute approximate surface area is 376 Å². The molecule has 0 unspecified atom stereocenters. The molecule has 2 saturated heterocycles. The average Bonchev–Trinajstić information content (AvgIpc) is 3.25. The second-order valence-electron chi connectivity index (χ2n) is 14.2. The van der Waals surface area contributed by atoms with E-state index in [4.69, 9.17) is 47.7 Å². The van der Waals surface area contributed by atoms with Crippen molar-refractivity contribution in [1.29, 1.82) is 0 Å². The maximum Gasteiger partial charge on any atom is 0.224 e. The first-order chi connectivity index (χ1) is 30.5. The lowest BCUT2D eigenvalue weighted by Gasteiger charge is -2.36. The zero-order valence-electron chi connectivity index (χ0n) is 35.7. The van der Waals surface area contributed by atoms with Gasteiger partial charge in [-0.05, 0) is 48.7 Å². The van der Waals surface area contributed by atoms with E-state index in [-0.39, 0.29) is 76.8 Å². The molecule has 2 aromatic heterocycles. The van der Waals surface area contributed by atoms with Crippen molar-refractivity contribution in [2.24, 2.45) is 5.73 Å². The summed E-state index contributed by atoms with van der Waals surface area (Å²) in [5.41, 5.74) is 15.6. The molecule has 2 fully saturated rings. The predicted molar refractivity (Wildman–Crippen MR) is 230 cm³/mol. The van der Waals surface area contributed by atoms with E-state index in [9.17, 15) is 44.0 Å². The lowest BCUT2D eigenvalue weighted by Crippen LogP contribution is -2.52. The lowest BCUT2D eigenvalue weighted by molar-refractivity contribution is 0.0415. The van der Waals surface area contributed by atoms with E-state index in [1.54, 1.807) is 7.11 Å². The van der Waals surface area contributed by atoms with Crippen molar-refractivity contribution in [3.8, 4) is 11.5 Å². The largest absolute Gasteiger partial charge is 0.496 e. The van der Waals surface area contributed by atoms with E-state index < -0.39 is 72.1 Å². The lowest BCUT2D eigenvalue weighted by atomic mass is 10.0. The summed E-state index contributed by atoms with van der Waals surface area (Å²) in [5, 5.41) is 2.86. The van der Waals surface area contributed by atoms with E-state index in [0.717, 1.165) is 42.9 Å². The van der Waals surface area contributed by atoms with Crippen LogP contribution >= 0.6 is 11.6 Å². The number of halogens is 5. The molecule has 2 aromatic carbocycles. The van der Waals surface area contributed by atoms with Crippen molar-refractivity contribution < 1.29 is 62.9 Å². The van der Waals surface area contributed by atoms with Crippen molar-refractivity contribution in [3.63, 3.8) is 0 Å². The van der Waals surface area contributed by atoms with Gasteiger partial charge in [0.05, 0.1) is 56.1 Å². The Morgan fingerprint density at radius 2 is 1.17 bits per heavy atom. The first-order valence-corrected chi connectivity index (χ1v) is 23.1. The van der Waals surface area contributed by atoms with Crippen LogP contribution < -0.4 is 32.0 Å². The molecule has 0 saturated carbocycles. The van der Waals surface area contributed by atoms with E-state index >= 15 is 0 Å². The van der Waals surface area contributed by atoms with Gasteiger partial charge in [-0.2, -0.15) is 13.6 Å². The molecule has 0 aliphatic carbocycles. The predicted octanol–water partition coefficient (Wildman–Crippen LogP) is 2.26. The maximum atomic E-state index is 14.3. The molecule has 6 rings (SSSR count). The number of piperidine rings is 2. The monoisotopic (exact) mass is 978 g/mol. The molecule has 0 radical (unpaired) electrons. The number of carbonyl (C=O) groups is 2. The Bertz CT molecular complexity index is 2610. The normalized spacial score (nSPS) is 19.2. The van der Waals surface area contributed by atoms with Crippen LogP contribution in [0.1, 0.15) is 44.7 Å². The highest BCUT2D eigenvalue weighted by molar-refractivity contribution is 7.88. The first-order valence-electron chi connectivity index (χ1n) is 19.0.